The van der Waals surface area contributed by atoms with Crippen LogP contribution in [0.15, 0.2) is 35.2 Å². The summed E-state index contributed by atoms with van der Waals surface area (Å²) in [5.41, 5.74) is 3.27. The van der Waals surface area contributed by atoms with Gasteiger partial charge in [0.2, 0.25) is 5.75 Å². The fourth-order valence-corrected chi connectivity index (χ4v) is 4.44. The normalized spacial score (nSPS) is 14.0. The first-order valence-electron chi connectivity index (χ1n) is 10.4. The van der Waals surface area contributed by atoms with Crippen LogP contribution in [-0.2, 0) is 9.59 Å². The maximum absolute atomic E-state index is 12.9. The molecule has 1 saturated heterocycles. The number of anilines is 1. The van der Waals surface area contributed by atoms with Gasteiger partial charge < -0.3 is 29.4 Å². The second kappa shape index (κ2) is 11.9. The Morgan fingerprint density at radius 3 is 2.39 bits per heavy atom. The zero-order chi connectivity index (χ0) is 26.4. The molecule has 1 heterocycles. The van der Waals surface area contributed by atoms with Crippen molar-refractivity contribution in [1.29, 1.82) is 0 Å². The smallest absolute Gasteiger partial charge is 0.285 e. The van der Waals surface area contributed by atoms with E-state index in [2.05, 4.69) is 10.7 Å². The highest BCUT2D eigenvalue weighted by molar-refractivity contribution is 8.26. The molecule has 0 atom stereocenters. The summed E-state index contributed by atoms with van der Waals surface area (Å²) >= 11 is 11.4. The summed E-state index contributed by atoms with van der Waals surface area (Å²) in [6.07, 6.45) is 1.48. The predicted molar refractivity (Wildman–Crippen MR) is 145 cm³/mol. The van der Waals surface area contributed by atoms with Crippen molar-refractivity contribution < 1.29 is 33.6 Å². The zero-order valence-electron chi connectivity index (χ0n) is 19.7. The number of hydrogen-bond donors (Lipinski definition) is 3. The number of rotatable bonds is 8. The average molecular weight is 550 g/mol. The van der Waals surface area contributed by atoms with E-state index in [1.807, 2.05) is 0 Å². The van der Waals surface area contributed by atoms with Gasteiger partial charge in [0.25, 0.3) is 11.8 Å². The molecule has 10 nitrogen and oxygen atoms in total. The molecule has 2 aromatic rings. The lowest BCUT2D eigenvalue weighted by Crippen LogP contribution is -2.48. The summed E-state index contributed by atoms with van der Waals surface area (Å²) in [5.74, 6) is 0.00578. The lowest BCUT2D eigenvalue weighted by molar-refractivity contribution is -0.123. The van der Waals surface area contributed by atoms with Gasteiger partial charge in [0.15, 0.2) is 32.3 Å². The molecule has 13 heteroatoms. The van der Waals surface area contributed by atoms with Crippen molar-refractivity contribution in [1.82, 2.24) is 10.4 Å². The number of aromatic hydroxyl groups is 1. The lowest BCUT2D eigenvalue weighted by atomic mass is 10.1. The standard InChI is InChI=1S/C23H23N3O7S3/c1-5-33-14-8-6-7-12(18(14)27)9-17-22(29)26(23(35)36-17)25-21(34)20(28)24-13-10-15(30-2)19(32-4)16(11-13)31-3/h6-11,27H,5H2,1-4H3,(H,24,28)(H,25,34)/b17-9+. The molecule has 0 spiro atoms. The van der Waals surface area contributed by atoms with E-state index in [0.29, 0.717) is 40.9 Å². The average Bonchev–Trinajstić information content (AvgIpc) is 3.12. The van der Waals surface area contributed by atoms with Gasteiger partial charge in [0.05, 0.1) is 32.8 Å². The van der Waals surface area contributed by atoms with E-state index in [9.17, 15) is 14.7 Å². The van der Waals surface area contributed by atoms with Crippen molar-refractivity contribution in [3.63, 3.8) is 0 Å². The number of phenolic OH excluding ortho intramolecular Hbond substituents is 1. The number of methoxy groups -OCH3 is 3. The Morgan fingerprint density at radius 1 is 1.14 bits per heavy atom. The summed E-state index contributed by atoms with van der Waals surface area (Å²) < 4.78 is 21.3. The van der Waals surface area contributed by atoms with Crippen LogP contribution in [0.2, 0.25) is 0 Å². The number of para-hydroxylation sites is 1. The van der Waals surface area contributed by atoms with E-state index in [-0.39, 0.29) is 20.0 Å². The summed E-state index contributed by atoms with van der Waals surface area (Å²) in [5, 5.41) is 14.0. The van der Waals surface area contributed by atoms with Gasteiger partial charge in [-0.2, -0.15) is 5.01 Å². The number of nitrogens with zero attached hydrogens (tertiary/aromatic N) is 1. The molecular weight excluding hydrogens is 526 g/mol. The van der Waals surface area contributed by atoms with Crippen LogP contribution in [0.4, 0.5) is 5.69 Å². The maximum Gasteiger partial charge on any atom is 0.285 e. The first-order valence-corrected chi connectivity index (χ1v) is 12.0. The minimum atomic E-state index is -0.695. The van der Waals surface area contributed by atoms with E-state index in [1.54, 1.807) is 25.1 Å². The second-order valence-corrected chi connectivity index (χ2v) is 9.04. The third-order valence-electron chi connectivity index (χ3n) is 4.75. The second-order valence-electron chi connectivity index (χ2n) is 6.95. The molecule has 0 saturated carbocycles. The Balaban J connectivity index is 1.74. The number of hydrogen-bond acceptors (Lipinski definition) is 10. The monoisotopic (exact) mass is 549 g/mol. The predicted octanol–water partition coefficient (Wildman–Crippen LogP) is 3.49. The van der Waals surface area contributed by atoms with Gasteiger partial charge in [-0.3, -0.25) is 15.0 Å². The topological polar surface area (TPSA) is 119 Å². The summed E-state index contributed by atoms with van der Waals surface area (Å²) in [6, 6.07) is 8.01. The first kappa shape index (κ1) is 27.0. The molecule has 3 rings (SSSR count). The molecule has 0 bridgehead atoms. The molecule has 2 amide bonds. The minimum Gasteiger partial charge on any atom is -0.504 e. The first-order chi connectivity index (χ1) is 17.2. The van der Waals surface area contributed by atoms with Crippen LogP contribution in [0.5, 0.6) is 28.7 Å². The molecule has 0 unspecified atom stereocenters. The molecule has 1 aliphatic heterocycles. The molecule has 190 valence electrons. The Morgan fingerprint density at radius 2 is 1.81 bits per heavy atom. The SMILES string of the molecule is CCOc1cccc(/C=C2/SC(=S)N(NC(=S)C(=O)Nc3cc(OC)c(OC)c(OC)c3)C2=O)c1O. The van der Waals surface area contributed by atoms with Gasteiger partial charge in [-0.25, -0.2) is 0 Å². The van der Waals surface area contributed by atoms with Crippen LogP contribution < -0.4 is 29.7 Å². The molecule has 0 aromatic heterocycles. The van der Waals surface area contributed by atoms with E-state index >= 15 is 0 Å². The molecule has 3 N–H and O–H groups in total. The number of thioether (sulfide) groups is 1. The van der Waals surface area contributed by atoms with Gasteiger partial charge in [-0.1, -0.05) is 36.1 Å². The molecule has 0 aliphatic carbocycles. The molecule has 1 fully saturated rings. The lowest BCUT2D eigenvalue weighted by Gasteiger charge is -2.18. The number of amides is 2. The minimum absolute atomic E-state index is 0.0992. The molecule has 36 heavy (non-hydrogen) atoms. The van der Waals surface area contributed by atoms with Crippen molar-refractivity contribution in [2.75, 3.05) is 33.3 Å². The van der Waals surface area contributed by atoms with Crippen molar-refractivity contribution in [3.05, 3.63) is 40.8 Å². The Labute approximate surface area is 222 Å². The highest BCUT2D eigenvalue weighted by atomic mass is 32.2. The number of nitrogens with one attached hydrogen (secondary N) is 2. The maximum atomic E-state index is 12.9. The van der Waals surface area contributed by atoms with Crippen LogP contribution in [0.1, 0.15) is 12.5 Å². The molecular formula is C23H23N3O7S3. The van der Waals surface area contributed by atoms with Crippen molar-refractivity contribution in [2.24, 2.45) is 0 Å². The van der Waals surface area contributed by atoms with Gasteiger partial charge >= 0.3 is 0 Å². The van der Waals surface area contributed by atoms with Crippen LogP contribution in [-0.4, -0.2) is 59.2 Å². The Bertz CT molecular complexity index is 1220. The fraction of sp³-hybridized carbons (Fsp3) is 0.217. The van der Waals surface area contributed by atoms with E-state index in [4.69, 9.17) is 43.4 Å². The Hall–Kier alpha value is -3.55. The summed E-state index contributed by atoms with van der Waals surface area (Å²) in [4.78, 5) is 25.6. The zero-order valence-corrected chi connectivity index (χ0v) is 22.2. The summed E-state index contributed by atoms with van der Waals surface area (Å²) in [6.45, 7) is 2.17. The van der Waals surface area contributed by atoms with Crippen molar-refractivity contribution in [2.45, 2.75) is 6.92 Å². The van der Waals surface area contributed by atoms with E-state index < -0.39 is 11.8 Å². The fourth-order valence-electron chi connectivity index (χ4n) is 3.13. The molecule has 2 aromatic carbocycles. The van der Waals surface area contributed by atoms with Gasteiger partial charge in [-0.05, 0) is 31.3 Å². The number of carbonyl (C=O) groups is 2. The number of phenols is 1. The third-order valence-corrected chi connectivity index (χ3v) is 6.33. The van der Waals surface area contributed by atoms with E-state index in [0.717, 1.165) is 16.8 Å². The molecule has 1 aliphatic rings. The summed E-state index contributed by atoms with van der Waals surface area (Å²) in [7, 11) is 4.36. The van der Waals surface area contributed by atoms with Gasteiger partial charge in [0.1, 0.15) is 0 Å². The highest BCUT2D eigenvalue weighted by Crippen LogP contribution is 2.40. The molecule has 0 radical (unpaired) electrons. The highest BCUT2D eigenvalue weighted by Gasteiger charge is 2.34. The number of carbonyl (C=O) groups excluding carboxylic acids is 2. The van der Waals surface area contributed by atoms with Gasteiger partial charge in [0, 0.05) is 23.4 Å². The van der Waals surface area contributed by atoms with Crippen LogP contribution in [0, 0.1) is 0 Å². The van der Waals surface area contributed by atoms with Crippen molar-refractivity contribution >= 4 is 69.1 Å². The number of thiocarbonyl (C=S) groups is 2. The van der Waals surface area contributed by atoms with E-state index in [1.165, 1.54) is 39.5 Å². The van der Waals surface area contributed by atoms with Crippen molar-refractivity contribution in [3.8, 4) is 28.7 Å². The quantitative estimate of drug-likeness (QED) is 0.332. The Kier molecular flexibility index (Phi) is 8.96. The van der Waals surface area contributed by atoms with Gasteiger partial charge in [-0.15, -0.1) is 0 Å². The van der Waals surface area contributed by atoms with Crippen LogP contribution >= 0.6 is 36.2 Å². The van der Waals surface area contributed by atoms with Crippen LogP contribution in [0.25, 0.3) is 6.08 Å². The van der Waals surface area contributed by atoms with Crippen LogP contribution in [0.3, 0.4) is 0 Å². The third kappa shape index (κ3) is 5.80. The number of benzene rings is 2. The largest absolute Gasteiger partial charge is 0.504 e. The number of ether oxygens (including phenoxy) is 4. The number of hydrazine groups is 1.